The van der Waals surface area contributed by atoms with Crippen LogP contribution in [0.1, 0.15) is 39.5 Å². The highest BCUT2D eigenvalue weighted by Crippen LogP contribution is 2.27. The Morgan fingerprint density at radius 3 is 2.29 bits per heavy atom. The van der Waals surface area contributed by atoms with Crippen LogP contribution >= 0.6 is 0 Å². The van der Waals surface area contributed by atoms with Gasteiger partial charge in [0.05, 0.1) is 10.8 Å². The molecule has 9 heteroatoms. The minimum absolute atomic E-state index is 0.0111. The lowest BCUT2D eigenvalue weighted by Gasteiger charge is -2.37. The molecule has 34 heavy (non-hydrogen) atoms. The van der Waals surface area contributed by atoms with E-state index < -0.39 is 10.0 Å². The molecule has 1 atom stereocenters. The summed E-state index contributed by atoms with van der Waals surface area (Å²) in [5.41, 5.74) is -0.0111. The van der Waals surface area contributed by atoms with E-state index in [1.807, 2.05) is 19.0 Å². The van der Waals surface area contributed by atoms with Crippen molar-refractivity contribution in [2.75, 3.05) is 53.4 Å². The molecule has 190 valence electrons. The molecule has 2 amide bonds. The van der Waals surface area contributed by atoms with E-state index in [0.29, 0.717) is 51.9 Å². The normalized spacial score (nSPS) is 21.0. The minimum atomic E-state index is -3.60. The van der Waals surface area contributed by atoms with Crippen molar-refractivity contribution in [1.29, 1.82) is 0 Å². The maximum absolute atomic E-state index is 13.2. The zero-order chi connectivity index (χ0) is 24.9. The zero-order valence-electron chi connectivity index (χ0n) is 21.0. The van der Waals surface area contributed by atoms with E-state index in [4.69, 9.17) is 0 Å². The van der Waals surface area contributed by atoms with Crippen molar-refractivity contribution >= 4 is 21.8 Å². The largest absolute Gasteiger partial charge is 0.355 e. The Morgan fingerprint density at radius 1 is 1.03 bits per heavy atom. The number of carbonyl (C=O) groups is 2. The third-order valence-electron chi connectivity index (χ3n) is 6.78. The molecular formula is C25H40N4O4S. The van der Waals surface area contributed by atoms with Gasteiger partial charge in [0.2, 0.25) is 21.8 Å². The van der Waals surface area contributed by atoms with Gasteiger partial charge in [-0.25, -0.2) is 8.42 Å². The van der Waals surface area contributed by atoms with Gasteiger partial charge in [0.1, 0.15) is 0 Å². The Morgan fingerprint density at radius 2 is 1.68 bits per heavy atom. The summed E-state index contributed by atoms with van der Waals surface area (Å²) in [6, 6.07) is 8.40. The van der Waals surface area contributed by atoms with Gasteiger partial charge in [-0.3, -0.25) is 9.59 Å². The fourth-order valence-corrected chi connectivity index (χ4v) is 6.65. The smallest absolute Gasteiger partial charge is 0.243 e. The highest BCUT2D eigenvalue weighted by Gasteiger charge is 2.36. The van der Waals surface area contributed by atoms with E-state index in [1.54, 1.807) is 30.3 Å². The molecule has 1 unspecified atom stereocenters. The number of nitrogens with one attached hydrogen (secondary N) is 1. The summed E-state index contributed by atoms with van der Waals surface area (Å²) < 4.78 is 27.4. The molecule has 0 aromatic heterocycles. The van der Waals surface area contributed by atoms with E-state index in [-0.39, 0.29) is 40.5 Å². The molecule has 2 fully saturated rings. The van der Waals surface area contributed by atoms with Crippen LogP contribution in [-0.2, 0) is 19.6 Å². The van der Waals surface area contributed by atoms with E-state index in [1.165, 1.54) is 4.31 Å². The lowest BCUT2D eigenvalue weighted by molar-refractivity contribution is -0.140. The van der Waals surface area contributed by atoms with Crippen molar-refractivity contribution in [1.82, 2.24) is 19.4 Å². The lowest BCUT2D eigenvalue weighted by atomic mass is 9.90. The van der Waals surface area contributed by atoms with Crippen molar-refractivity contribution < 1.29 is 18.0 Å². The van der Waals surface area contributed by atoms with Gasteiger partial charge in [0.15, 0.2) is 0 Å². The molecule has 0 spiro atoms. The first kappa shape index (κ1) is 26.6. The number of carbonyl (C=O) groups excluding carboxylic acids is 2. The molecule has 0 radical (unpaired) electrons. The SMILES string of the molecule is CN(C)CC(C)(C)CNC(=O)C1CCN(C(=O)C2CCCN(S(=O)(=O)c3ccccc3)C2)CC1. The average molecular weight is 493 g/mol. The van der Waals surface area contributed by atoms with Crippen LogP contribution in [0.4, 0.5) is 0 Å². The van der Waals surface area contributed by atoms with Crippen LogP contribution in [0.5, 0.6) is 0 Å². The molecule has 0 bridgehead atoms. The van der Waals surface area contributed by atoms with Crippen molar-refractivity contribution in [3.63, 3.8) is 0 Å². The molecule has 0 aliphatic carbocycles. The van der Waals surface area contributed by atoms with Crippen LogP contribution in [-0.4, -0.2) is 87.7 Å². The Bertz CT molecular complexity index is 941. The fraction of sp³-hybridized carbons (Fsp3) is 0.680. The molecule has 1 aromatic rings. The van der Waals surface area contributed by atoms with Gasteiger partial charge >= 0.3 is 0 Å². The van der Waals surface area contributed by atoms with E-state index in [0.717, 1.165) is 6.54 Å². The molecule has 2 heterocycles. The van der Waals surface area contributed by atoms with E-state index >= 15 is 0 Å². The number of piperidine rings is 2. The van der Waals surface area contributed by atoms with Crippen LogP contribution in [0, 0.1) is 17.3 Å². The molecule has 3 rings (SSSR count). The second-order valence-electron chi connectivity index (χ2n) is 10.7. The van der Waals surface area contributed by atoms with Crippen LogP contribution in [0.3, 0.4) is 0 Å². The number of hydrogen-bond donors (Lipinski definition) is 1. The first-order valence-electron chi connectivity index (χ1n) is 12.3. The number of likely N-dealkylation sites (tertiary alicyclic amines) is 1. The van der Waals surface area contributed by atoms with Gasteiger partial charge in [-0.1, -0.05) is 32.0 Å². The first-order chi connectivity index (χ1) is 16.0. The lowest BCUT2D eigenvalue weighted by Crippen LogP contribution is -2.50. The van der Waals surface area contributed by atoms with Gasteiger partial charge in [-0.05, 0) is 57.3 Å². The highest BCUT2D eigenvalue weighted by molar-refractivity contribution is 7.89. The van der Waals surface area contributed by atoms with Gasteiger partial charge in [-0.2, -0.15) is 4.31 Å². The van der Waals surface area contributed by atoms with Gasteiger partial charge in [0, 0.05) is 45.2 Å². The Hall–Kier alpha value is -1.97. The fourth-order valence-electron chi connectivity index (χ4n) is 5.11. The maximum atomic E-state index is 13.2. The quantitative estimate of drug-likeness (QED) is 0.600. The standard InChI is InChI=1S/C25H40N4O4S/c1-25(2,19-27(3)4)18-26-23(30)20-12-15-28(16-13-20)24(31)21-9-8-14-29(17-21)34(32,33)22-10-6-5-7-11-22/h5-7,10-11,20-21H,8-9,12-19H2,1-4H3,(H,26,30). The molecule has 1 aromatic carbocycles. The predicted molar refractivity (Wildman–Crippen MR) is 133 cm³/mol. The molecule has 2 saturated heterocycles. The number of amides is 2. The number of benzene rings is 1. The zero-order valence-corrected chi connectivity index (χ0v) is 21.8. The summed E-state index contributed by atoms with van der Waals surface area (Å²) in [4.78, 5) is 30.1. The number of rotatable bonds is 8. The molecule has 8 nitrogen and oxygen atoms in total. The highest BCUT2D eigenvalue weighted by atomic mass is 32.2. The second-order valence-corrected chi connectivity index (χ2v) is 12.7. The summed E-state index contributed by atoms with van der Waals surface area (Å²) in [6.45, 7) is 7.53. The molecule has 2 aliphatic rings. The average Bonchev–Trinajstić information content (AvgIpc) is 2.82. The molecule has 0 saturated carbocycles. The van der Waals surface area contributed by atoms with Gasteiger partial charge in [0.25, 0.3) is 0 Å². The third-order valence-corrected chi connectivity index (χ3v) is 8.66. The molecule has 1 N–H and O–H groups in total. The number of hydrogen-bond acceptors (Lipinski definition) is 5. The van der Waals surface area contributed by atoms with E-state index in [9.17, 15) is 18.0 Å². The maximum Gasteiger partial charge on any atom is 0.243 e. The number of sulfonamides is 1. The number of nitrogens with zero attached hydrogens (tertiary/aromatic N) is 3. The Labute approximate surface area is 204 Å². The van der Waals surface area contributed by atoms with Crippen LogP contribution in [0.25, 0.3) is 0 Å². The first-order valence-corrected chi connectivity index (χ1v) is 13.7. The Balaban J connectivity index is 1.51. The van der Waals surface area contributed by atoms with Crippen molar-refractivity contribution in [2.45, 2.75) is 44.4 Å². The van der Waals surface area contributed by atoms with Gasteiger partial charge < -0.3 is 15.1 Å². The second kappa shape index (κ2) is 11.2. The van der Waals surface area contributed by atoms with Crippen LogP contribution < -0.4 is 5.32 Å². The monoisotopic (exact) mass is 492 g/mol. The summed E-state index contributed by atoms with van der Waals surface area (Å²) in [7, 11) is 0.455. The summed E-state index contributed by atoms with van der Waals surface area (Å²) in [5, 5.41) is 3.10. The summed E-state index contributed by atoms with van der Waals surface area (Å²) >= 11 is 0. The van der Waals surface area contributed by atoms with Crippen molar-refractivity contribution in [2.24, 2.45) is 17.3 Å². The van der Waals surface area contributed by atoms with E-state index in [2.05, 4.69) is 24.1 Å². The molecule has 2 aliphatic heterocycles. The Kier molecular flexibility index (Phi) is 8.76. The van der Waals surface area contributed by atoms with Crippen LogP contribution in [0.2, 0.25) is 0 Å². The summed E-state index contributed by atoms with van der Waals surface area (Å²) in [6.07, 6.45) is 2.65. The predicted octanol–water partition coefficient (Wildman–Crippen LogP) is 2.03. The minimum Gasteiger partial charge on any atom is -0.355 e. The van der Waals surface area contributed by atoms with Crippen LogP contribution in [0.15, 0.2) is 35.2 Å². The van der Waals surface area contributed by atoms with Crippen molar-refractivity contribution in [3.8, 4) is 0 Å². The summed E-state index contributed by atoms with van der Waals surface area (Å²) in [5.74, 6) is -0.333. The molecular weight excluding hydrogens is 452 g/mol. The topological polar surface area (TPSA) is 90.0 Å². The van der Waals surface area contributed by atoms with Crippen molar-refractivity contribution in [3.05, 3.63) is 30.3 Å². The third kappa shape index (κ3) is 6.79. The van der Waals surface area contributed by atoms with Gasteiger partial charge in [-0.15, -0.1) is 0 Å².